The number of aliphatic hydroxyl groups excluding tert-OH is 1. The zero-order valence-corrected chi connectivity index (χ0v) is 12.9. The summed E-state index contributed by atoms with van der Waals surface area (Å²) in [5.41, 5.74) is 0.407. The molecule has 0 aromatic heterocycles. The van der Waals surface area contributed by atoms with Gasteiger partial charge in [0.2, 0.25) is 0 Å². The summed E-state index contributed by atoms with van der Waals surface area (Å²) in [5.74, 6) is 0. The minimum atomic E-state index is -0.137. The summed E-state index contributed by atoms with van der Waals surface area (Å²) in [6.45, 7) is 8.11. The molecular weight excluding hydrogens is 224 g/mol. The summed E-state index contributed by atoms with van der Waals surface area (Å²) in [5, 5.41) is 12.6. The summed E-state index contributed by atoms with van der Waals surface area (Å²) in [7, 11) is 4.16. The van der Waals surface area contributed by atoms with Crippen molar-refractivity contribution in [3.63, 3.8) is 0 Å². The molecule has 1 rings (SSSR count). The monoisotopic (exact) mass is 256 g/mol. The molecule has 0 spiro atoms. The molecule has 3 heteroatoms. The van der Waals surface area contributed by atoms with Crippen LogP contribution in [0.15, 0.2) is 0 Å². The first-order valence-corrected chi connectivity index (χ1v) is 7.32. The maximum Gasteiger partial charge on any atom is 0.0610 e. The molecule has 0 saturated heterocycles. The molecule has 108 valence electrons. The van der Waals surface area contributed by atoms with Gasteiger partial charge in [0.05, 0.1) is 6.61 Å². The normalized spacial score (nSPS) is 24.2. The standard InChI is InChI=1S/C15H32N2O/c1-14(2)8-6-13(7-9-14)17(5)11-10-15(3,12-18)16-4/h13,16,18H,6-12H2,1-5H3. The van der Waals surface area contributed by atoms with E-state index >= 15 is 0 Å². The van der Waals surface area contributed by atoms with E-state index in [0.29, 0.717) is 5.41 Å². The first-order chi connectivity index (χ1) is 8.32. The van der Waals surface area contributed by atoms with E-state index in [0.717, 1.165) is 19.0 Å². The fourth-order valence-corrected chi connectivity index (χ4v) is 2.71. The van der Waals surface area contributed by atoms with Crippen LogP contribution < -0.4 is 5.32 Å². The van der Waals surface area contributed by atoms with Gasteiger partial charge >= 0.3 is 0 Å². The lowest BCUT2D eigenvalue weighted by Gasteiger charge is -2.39. The number of likely N-dealkylation sites (N-methyl/N-ethyl adjacent to an activating group) is 1. The van der Waals surface area contributed by atoms with Gasteiger partial charge in [-0.25, -0.2) is 0 Å². The van der Waals surface area contributed by atoms with Crippen molar-refractivity contribution in [2.24, 2.45) is 5.41 Å². The van der Waals surface area contributed by atoms with Crippen molar-refractivity contribution in [2.45, 2.75) is 64.5 Å². The fraction of sp³-hybridized carbons (Fsp3) is 1.00. The van der Waals surface area contributed by atoms with E-state index in [1.807, 2.05) is 7.05 Å². The van der Waals surface area contributed by atoms with E-state index in [1.54, 1.807) is 0 Å². The maximum absolute atomic E-state index is 9.40. The molecule has 0 amide bonds. The largest absolute Gasteiger partial charge is 0.394 e. The van der Waals surface area contributed by atoms with Gasteiger partial charge in [-0.2, -0.15) is 0 Å². The zero-order valence-electron chi connectivity index (χ0n) is 12.9. The quantitative estimate of drug-likeness (QED) is 0.765. The Hall–Kier alpha value is -0.120. The van der Waals surface area contributed by atoms with Crippen molar-refractivity contribution in [3.8, 4) is 0 Å². The van der Waals surface area contributed by atoms with Crippen molar-refractivity contribution < 1.29 is 5.11 Å². The molecule has 1 aliphatic rings. The average molecular weight is 256 g/mol. The molecule has 1 atom stereocenters. The van der Waals surface area contributed by atoms with Crippen LogP contribution in [0.5, 0.6) is 0 Å². The summed E-state index contributed by atoms with van der Waals surface area (Å²) >= 11 is 0. The number of hydrogen-bond donors (Lipinski definition) is 2. The molecular formula is C15H32N2O. The predicted molar refractivity (Wildman–Crippen MR) is 77.8 cm³/mol. The summed E-state index contributed by atoms with van der Waals surface area (Å²) in [4.78, 5) is 2.49. The Kier molecular flexibility index (Phi) is 5.63. The Labute approximate surface area is 113 Å². The van der Waals surface area contributed by atoms with Gasteiger partial charge in [-0.05, 0) is 65.1 Å². The molecule has 3 nitrogen and oxygen atoms in total. The molecule has 0 aromatic rings. The van der Waals surface area contributed by atoms with Gasteiger partial charge in [0.1, 0.15) is 0 Å². The third-order valence-electron chi connectivity index (χ3n) is 4.90. The highest BCUT2D eigenvalue weighted by molar-refractivity contribution is 4.86. The van der Waals surface area contributed by atoms with E-state index in [2.05, 4.69) is 38.0 Å². The van der Waals surface area contributed by atoms with Crippen molar-refractivity contribution in [2.75, 3.05) is 27.2 Å². The number of nitrogens with zero attached hydrogens (tertiary/aromatic N) is 1. The van der Waals surface area contributed by atoms with E-state index in [-0.39, 0.29) is 12.1 Å². The fourth-order valence-electron chi connectivity index (χ4n) is 2.71. The smallest absolute Gasteiger partial charge is 0.0610 e. The van der Waals surface area contributed by atoms with E-state index < -0.39 is 0 Å². The molecule has 0 bridgehead atoms. The molecule has 1 unspecified atom stereocenters. The van der Waals surface area contributed by atoms with E-state index in [9.17, 15) is 5.11 Å². The Morgan fingerprint density at radius 2 is 1.89 bits per heavy atom. The molecule has 1 fully saturated rings. The molecule has 0 radical (unpaired) electrons. The lowest BCUT2D eigenvalue weighted by molar-refractivity contribution is 0.107. The maximum atomic E-state index is 9.40. The van der Waals surface area contributed by atoms with Crippen molar-refractivity contribution >= 4 is 0 Å². The van der Waals surface area contributed by atoms with Gasteiger partial charge in [0.25, 0.3) is 0 Å². The first kappa shape index (κ1) is 15.9. The average Bonchev–Trinajstić information content (AvgIpc) is 2.35. The summed E-state index contributed by atoms with van der Waals surface area (Å²) < 4.78 is 0. The third-order valence-corrected chi connectivity index (χ3v) is 4.90. The van der Waals surface area contributed by atoms with Gasteiger partial charge < -0.3 is 15.3 Å². The SMILES string of the molecule is CNC(C)(CO)CCN(C)C1CCC(C)(C)CC1. The van der Waals surface area contributed by atoms with Gasteiger partial charge in [0, 0.05) is 11.6 Å². The molecule has 18 heavy (non-hydrogen) atoms. The second-order valence-corrected chi connectivity index (χ2v) is 7.09. The summed E-state index contributed by atoms with van der Waals surface area (Å²) in [6.07, 6.45) is 6.31. The Morgan fingerprint density at radius 3 is 2.33 bits per heavy atom. The summed E-state index contributed by atoms with van der Waals surface area (Å²) in [6, 6.07) is 0.734. The number of hydrogen-bond acceptors (Lipinski definition) is 3. The molecule has 1 aliphatic carbocycles. The molecule has 0 heterocycles. The molecule has 2 N–H and O–H groups in total. The molecule has 0 aromatic carbocycles. The predicted octanol–water partition coefficient (Wildman–Crippen LogP) is 2.25. The van der Waals surface area contributed by atoms with E-state index in [1.165, 1.54) is 25.7 Å². The minimum absolute atomic E-state index is 0.137. The van der Waals surface area contributed by atoms with Crippen LogP contribution in [0.2, 0.25) is 0 Å². The lowest BCUT2D eigenvalue weighted by atomic mass is 9.75. The minimum Gasteiger partial charge on any atom is -0.394 e. The van der Waals surface area contributed by atoms with Gasteiger partial charge in [-0.3, -0.25) is 0 Å². The van der Waals surface area contributed by atoms with Crippen LogP contribution >= 0.6 is 0 Å². The van der Waals surface area contributed by atoms with Crippen LogP contribution in [0.4, 0.5) is 0 Å². The Morgan fingerprint density at radius 1 is 1.33 bits per heavy atom. The molecule has 1 saturated carbocycles. The zero-order chi connectivity index (χ0) is 13.8. The van der Waals surface area contributed by atoms with Crippen molar-refractivity contribution in [3.05, 3.63) is 0 Å². The van der Waals surface area contributed by atoms with Crippen LogP contribution in [-0.4, -0.2) is 48.8 Å². The highest BCUT2D eigenvalue weighted by atomic mass is 16.3. The van der Waals surface area contributed by atoms with Gasteiger partial charge in [-0.15, -0.1) is 0 Å². The number of rotatable bonds is 6. The van der Waals surface area contributed by atoms with Gasteiger partial charge in [0.15, 0.2) is 0 Å². The van der Waals surface area contributed by atoms with E-state index in [4.69, 9.17) is 0 Å². The van der Waals surface area contributed by atoms with Crippen LogP contribution in [0.25, 0.3) is 0 Å². The highest BCUT2D eigenvalue weighted by Gasteiger charge is 2.29. The van der Waals surface area contributed by atoms with Crippen molar-refractivity contribution in [1.82, 2.24) is 10.2 Å². The highest BCUT2D eigenvalue weighted by Crippen LogP contribution is 2.36. The third kappa shape index (κ3) is 4.52. The Bertz CT molecular complexity index is 239. The number of nitrogens with one attached hydrogen (secondary N) is 1. The Balaban J connectivity index is 2.36. The van der Waals surface area contributed by atoms with Gasteiger partial charge in [-0.1, -0.05) is 13.8 Å². The molecule has 0 aliphatic heterocycles. The second-order valence-electron chi connectivity index (χ2n) is 7.09. The van der Waals surface area contributed by atoms with Crippen LogP contribution in [0.3, 0.4) is 0 Å². The first-order valence-electron chi connectivity index (χ1n) is 7.32. The topological polar surface area (TPSA) is 35.5 Å². The van der Waals surface area contributed by atoms with Crippen LogP contribution in [-0.2, 0) is 0 Å². The van der Waals surface area contributed by atoms with Crippen molar-refractivity contribution in [1.29, 1.82) is 0 Å². The van der Waals surface area contributed by atoms with Crippen LogP contribution in [0, 0.1) is 5.41 Å². The lowest BCUT2D eigenvalue weighted by Crippen LogP contribution is -2.47. The number of aliphatic hydroxyl groups is 1. The second kappa shape index (κ2) is 6.36. The van der Waals surface area contributed by atoms with Crippen LogP contribution in [0.1, 0.15) is 52.9 Å².